The van der Waals surface area contributed by atoms with Gasteiger partial charge in [0.1, 0.15) is 5.76 Å². The third kappa shape index (κ3) is 2.35. The third-order valence-electron chi connectivity index (χ3n) is 2.16. The maximum atomic E-state index is 12.0. The largest absolute Gasteiger partial charge is 0.507 e. The molecule has 17 heavy (non-hydrogen) atoms. The minimum Gasteiger partial charge on any atom is -0.507 e. The Morgan fingerprint density at radius 2 is 2.06 bits per heavy atom. The molecule has 6 heteroatoms. The van der Waals surface area contributed by atoms with Crippen molar-refractivity contribution in [2.75, 3.05) is 6.79 Å². The first-order chi connectivity index (χ1) is 8.08. The number of alkyl halides is 2. The van der Waals surface area contributed by atoms with Crippen molar-refractivity contribution in [3.05, 3.63) is 29.8 Å². The van der Waals surface area contributed by atoms with Crippen LogP contribution in [0.2, 0.25) is 0 Å². The molecule has 0 aromatic heterocycles. The Morgan fingerprint density at radius 1 is 1.35 bits per heavy atom. The third-order valence-corrected chi connectivity index (χ3v) is 2.16. The van der Waals surface area contributed by atoms with E-state index in [4.69, 9.17) is 9.47 Å². The van der Waals surface area contributed by atoms with E-state index in [1.165, 1.54) is 18.2 Å². The maximum Gasteiger partial charge on any atom is 0.300 e. The number of rotatable bonds is 3. The number of hydrogen-bond donors (Lipinski definition) is 1. The summed E-state index contributed by atoms with van der Waals surface area (Å²) in [5.41, 5.74) is 0.211. The molecule has 0 radical (unpaired) electrons. The fourth-order valence-electron chi connectivity index (χ4n) is 1.34. The van der Waals surface area contributed by atoms with Gasteiger partial charge in [-0.25, -0.2) is 8.78 Å². The number of ketones is 1. The van der Waals surface area contributed by atoms with Gasteiger partial charge in [0.05, 0.1) is 0 Å². The lowest BCUT2D eigenvalue weighted by atomic mass is 10.1. The van der Waals surface area contributed by atoms with Crippen molar-refractivity contribution in [1.82, 2.24) is 0 Å². The number of carbonyl (C=O) groups excluding carboxylic acids is 1. The average molecular weight is 242 g/mol. The molecule has 0 amide bonds. The highest BCUT2D eigenvalue weighted by Crippen LogP contribution is 2.33. The van der Waals surface area contributed by atoms with Crippen LogP contribution in [0.25, 0.3) is 5.76 Å². The predicted molar refractivity (Wildman–Crippen MR) is 54.2 cm³/mol. The zero-order valence-electron chi connectivity index (χ0n) is 8.52. The summed E-state index contributed by atoms with van der Waals surface area (Å²) in [4.78, 5) is 10.7. The van der Waals surface area contributed by atoms with Crippen molar-refractivity contribution < 1.29 is 28.2 Å². The van der Waals surface area contributed by atoms with Gasteiger partial charge in [-0.05, 0) is 18.2 Å². The van der Waals surface area contributed by atoms with Gasteiger partial charge in [0.25, 0.3) is 6.43 Å². The number of ether oxygens (including phenoxy) is 2. The van der Waals surface area contributed by atoms with E-state index in [-0.39, 0.29) is 12.4 Å². The van der Waals surface area contributed by atoms with E-state index in [1.54, 1.807) is 0 Å². The SMILES string of the molecule is O=C(C=C(O)c1ccc2c(c1)OCO2)C(F)F. The molecule has 1 aliphatic rings. The monoisotopic (exact) mass is 242 g/mol. The first-order valence-corrected chi connectivity index (χ1v) is 4.70. The molecule has 2 rings (SSSR count). The molecule has 0 saturated heterocycles. The zero-order chi connectivity index (χ0) is 12.4. The van der Waals surface area contributed by atoms with Gasteiger partial charge in [-0.3, -0.25) is 4.79 Å². The van der Waals surface area contributed by atoms with Gasteiger partial charge in [-0.15, -0.1) is 0 Å². The molecule has 1 aromatic carbocycles. The Balaban J connectivity index is 2.25. The van der Waals surface area contributed by atoms with E-state index < -0.39 is 18.0 Å². The number of hydrogen-bond acceptors (Lipinski definition) is 4. The average Bonchev–Trinajstić information content (AvgIpc) is 2.75. The molecule has 1 N–H and O–H groups in total. The molecule has 0 atom stereocenters. The van der Waals surface area contributed by atoms with Crippen LogP contribution in [0.15, 0.2) is 24.3 Å². The summed E-state index contributed by atoms with van der Waals surface area (Å²) in [7, 11) is 0. The Hall–Kier alpha value is -2.11. The summed E-state index contributed by atoms with van der Waals surface area (Å²) in [5.74, 6) is -1.08. The zero-order valence-corrected chi connectivity index (χ0v) is 8.52. The van der Waals surface area contributed by atoms with Crippen LogP contribution in [0.5, 0.6) is 11.5 Å². The highest BCUT2D eigenvalue weighted by atomic mass is 19.3. The summed E-state index contributed by atoms with van der Waals surface area (Å²) >= 11 is 0. The van der Waals surface area contributed by atoms with Gasteiger partial charge in [0, 0.05) is 11.6 Å². The van der Waals surface area contributed by atoms with E-state index in [1.807, 2.05) is 0 Å². The van der Waals surface area contributed by atoms with Gasteiger partial charge in [-0.2, -0.15) is 0 Å². The molecule has 90 valence electrons. The number of aliphatic hydroxyl groups is 1. The van der Waals surface area contributed by atoms with Gasteiger partial charge in [0.2, 0.25) is 12.6 Å². The summed E-state index contributed by atoms with van der Waals surface area (Å²) in [6.45, 7) is 0.0687. The normalized spacial score (nSPS) is 14.2. The van der Waals surface area contributed by atoms with E-state index in [0.717, 1.165) is 0 Å². The second-order valence-corrected chi connectivity index (χ2v) is 3.30. The summed E-state index contributed by atoms with van der Waals surface area (Å²) in [5, 5.41) is 9.48. The highest BCUT2D eigenvalue weighted by Gasteiger charge is 2.17. The summed E-state index contributed by atoms with van der Waals surface area (Å²) < 4.78 is 34.0. The number of halogens is 2. The molecule has 1 heterocycles. The number of fused-ring (bicyclic) bond motifs is 1. The van der Waals surface area contributed by atoms with Crippen molar-refractivity contribution in [2.45, 2.75) is 6.43 Å². The first-order valence-electron chi connectivity index (χ1n) is 4.70. The molecule has 0 unspecified atom stereocenters. The van der Waals surface area contributed by atoms with Crippen LogP contribution in [-0.4, -0.2) is 24.1 Å². The van der Waals surface area contributed by atoms with Crippen molar-refractivity contribution in [1.29, 1.82) is 0 Å². The lowest BCUT2D eigenvalue weighted by Crippen LogP contribution is -2.06. The van der Waals surface area contributed by atoms with E-state index in [9.17, 15) is 18.7 Å². The highest BCUT2D eigenvalue weighted by molar-refractivity contribution is 5.97. The van der Waals surface area contributed by atoms with Crippen LogP contribution in [0.3, 0.4) is 0 Å². The minimum absolute atomic E-state index is 0.0687. The van der Waals surface area contributed by atoms with Crippen LogP contribution in [0.4, 0.5) is 8.78 Å². The Labute approximate surface area is 95.1 Å². The topological polar surface area (TPSA) is 55.8 Å². The number of allylic oxidation sites excluding steroid dienone is 1. The molecule has 1 aromatic rings. The molecule has 0 fully saturated rings. The Morgan fingerprint density at radius 3 is 2.76 bits per heavy atom. The fourth-order valence-corrected chi connectivity index (χ4v) is 1.34. The second kappa shape index (κ2) is 4.40. The van der Waals surface area contributed by atoms with Gasteiger partial charge < -0.3 is 14.6 Å². The van der Waals surface area contributed by atoms with Crippen LogP contribution in [0, 0.1) is 0 Å². The first kappa shape index (κ1) is 11.4. The molecule has 0 saturated carbocycles. The Kier molecular flexibility index (Phi) is 2.95. The van der Waals surface area contributed by atoms with Gasteiger partial charge in [-0.1, -0.05) is 0 Å². The van der Waals surface area contributed by atoms with Crippen molar-refractivity contribution in [3.8, 4) is 11.5 Å². The van der Waals surface area contributed by atoms with Crippen molar-refractivity contribution in [3.63, 3.8) is 0 Å². The van der Waals surface area contributed by atoms with Crippen LogP contribution in [0.1, 0.15) is 5.56 Å². The molecular weight excluding hydrogens is 234 g/mol. The summed E-state index contributed by atoms with van der Waals surface area (Å²) in [6.07, 6.45) is -2.64. The van der Waals surface area contributed by atoms with E-state index in [2.05, 4.69) is 0 Å². The molecule has 0 bridgehead atoms. The van der Waals surface area contributed by atoms with Gasteiger partial charge in [0.15, 0.2) is 11.5 Å². The smallest absolute Gasteiger partial charge is 0.300 e. The molecule has 1 aliphatic heterocycles. The minimum atomic E-state index is -3.13. The predicted octanol–water partition coefficient (Wildman–Crippen LogP) is 2.15. The maximum absolute atomic E-state index is 12.0. The van der Waals surface area contributed by atoms with Crippen molar-refractivity contribution >= 4 is 11.5 Å². The Bertz CT molecular complexity index is 482. The molecule has 0 aliphatic carbocycles. The van der Waals surface area contributed by atoms with E-state index in [0.29, 0.717) is 17.6 Å². The van der Waals surface area contributed by atoms with Crippen LogP contribution >= 0.6 is 0 Å². The lowest BCUT2D eigenvalue weighted by Gasteiger charge is -2.02. The van der Waals surface area contributed by atoms with Crippen molar-refractivity contribution in [2.24, 2.45) is 0 Å². The molecule has 0 spiro atoms. The van der Waals surface area contributed by atoms with Gasteiger partial charge >= 0.3 is 0 Å². The quantitative estimate of drug-likeness (QED) is 0.651. The molecule has 4 nitrogen and oxygen atoms in total. The van der Waals surface area contributed by atoms with E-state index >= 15 is 0 Å². The fraction of sp³-hybridized carbons (Fsp3) is 0.182. The van der Waals surface area contributed by atoms with Crippen LogP contribution < -0.4 is 9.47 Å². The number of carbonyl (C=O) groups is 1. The lowest BCUT2D eigenvalue weighted by molar-refractivity contribution is -0.124. The van der Waals surface area contributed by atoms with Crippen LogP contribution in [-0.2, 0) is 4.79 Å². The number of benzene rings is 1. The molecular formula is C11H8F2O4. The number of aliphatic hydroxyl groups excluding tert-OH is 1. The standard InChI is InChI=1S/C11H8F2O4/c12-11(13)8(15)4-7(14)6-1-2-9-10(3-6)17-5-16-9/h1-4,11,14H,5H2. The second-order valence-electron chi connectivity index (χ2n) is 3.30. The summed E-state index contributed by atoms with van der Waals surface area (Å²) in [6, 6.07) is 4.37.